The molecule has 0 radical (unpaired) electrons. The van der Waals surface area contributed by atoms with Gasteiger partial charge in [-0.05, 0) is 19.8 Å². The highest BCUT2D eigenvalue weighted by atomic mass is 16.5. The number of H-pyrrole nitrogens is 1. The first-order valence-corrected chi connectivity index (χ1v) is 6.68. The van der Waals surface area contributed by atoms with Crippen molar-refractivity contribution in [2.24, 2.45) is 10.9 Å². The molecule has 0 spiro atoms. The number of nitrogen functional groups attached to an aromatic ring is 1. The Kier molecular flexibility index (Phi) is 4.51. The van der Waals surface area contributed by atoms with Gasteiger partial charge in [0.15, 0.2) is 0 Å². The highest BCUT2D eigenvalue weighted by Gasteiger charge is 2.28. The summed E-state index contributed by atoms with van der Waals surface area (Å²) in [6.07, 6.45) is 3.37. The first-order valence-electron chi connectivity index (χ1n) is 6.68. The monoisotopic (exact) mass is 280 g/mol. The predicted molar refractivity (Wildman–Crippen MR) is 76.3 cm³/mol. The summed E-state index contributed by atoms with van der Waals surface area (Å²) < 4.78 is 5.68. The molecular formula is C13H20N4O3. The quantitative estimate of drug-likeness (QED) is 0.696. The number of aliphatic hydroxyl groups is 1. The van der Waals surface area contributed by atoms with Crippen molar-refractivity contribution in [1.29, 1.82) is 0 Å². The Morgan fingerprint density at radius 2 is 2.40 bits per heavy atom. The average Bonchev–Trinajstić information content (AvgIpc) is 2.86. The number of nitrogens with one attached hydrogen (secondary N) is 1. The molecule has 0 amide bonds. The van der Waals surface area contributed by atoms with Crippen molar-refractivity contribution in [3.63, 3.8) is 0 Å². The van der Waals surface area contributed by atoms with E-state index in [4.69, 9.17) is 15.6 Å². The Morgan fingerprint density at radius 3 is 3.00 bits per heavy atom. The van der Waals surface area contributed by atoms with E-state index in [0.29, 0.717) is 5.69 Å². The summed E-state index contributed by atoms with van der Waals surface area (Å²) in [5.41, 5.74) is 5.87. The van der Waals surface area contributed by atoms with Crippen LogP contribution in [0.1, 0.15) is 25.5 Å². The number of aliphatic imine (C=N–C) groups is 1. The third-order valence-corrected chi connectivity index (χ3v) is 3.46. The van der Waals surface area contributed by atoms with Crippen LogP contribution in [0.3, 0.4) is 0 Å². The van der Waals surface area contributed by atoms with Crippen LogP contribution in [0, 0.1) is 12.8 Å². The molecule has 110 valence electrons. The van der Waals surface area contributed by atoms with Crippen LogP contribution in [0.5, 0.6) is 0 Å². The summed E-state index contributed by atoms with van der Waals surface area (Å²) >= 11 is 0. The summed E-state index contributed by atoms with van der Waals surface area (Å²) in [5.74, 6) is 0.146. The maximum absolute atomic E-state index is 11.7. The van der Waals surface area contributed by atoms with Gasteiger partial charge in [-0.25, -0.2) is 4.98 Å². The van der Waals surface area contributed by atoms with E-state index >= 15 is 0 Å². The standard InChI is InChI=1S/C13H20N4O3/c1-7(10-4-3-9(6-18)20-10)5-15-11-8(2)16-13(14)17-12(11)19/h5,7,9-10,18H,3-4,6H2,1-2H3,(H3,14,16,17,19)/b15-5-/t7-,9+,10-/m1/s1. The van der Waals surface area contributed by atoms with Crippen molar-refractivity contribution in [3.05, 3.63) is 16.0 Å². The molecule has 7 heteroatoms. The largest absolute Gasteiger partial charge is 0.394 e. The van der Waals surface area contributed by atoms with Crippen LogP contribution in [0.2, 0.25) is 0 Å². The lowest BCUT2D eigenvalue weighted by molar-refractivity contribution is 0.00120. The van der Waals surface area contributed by atoms with Gasteiger partial charge < -0.3 is 15.6 Å². The number of nitrogens with two attached hydrogens (primary N) is 1. The van der Waals surface area contributed by atoms with Gasteiger partial charge in [-0.2, -0.15) is 0 Å². The lowest BCUT2D eigenvalue weighted by atomic mass is 10.0. The first kappa shape index (κ1) is 14.7. The predicted octanol–water partition coefficient (Wildman–Crippen LogP) is 0.539. The van der Waals surface area contributed by atoms with Gasteiger partial charge in [0.25, 0.3) is 5.56 Å². The van der Waals surface area contributed by atoms with E-state index in [0.717, 1.165) is 12.8 Å². The van der Waals surface area contributed by atoms with Crippen LogP contribution in [0.25, 0.3) is 0 Å². The molecule has 0 aromatic carbocycles. The summed E-state index contributed by atoms with van der Waals surface area (Å²) in [4.78, 5) is 22.4. The van der Waals surface area contributed by atoms with Crippen LogP contribution in [0.4, 0.5) is 11.6 Å². The summed E-state index contributed by atoms with van der Waals surface area (Å²) in [6.45, 7) is 3.71. The number of aromatic amines is 1. The van der Waals surface area contributed by atoms with Gasteiger partial charge in [-0.15, -0.1) is 0 Å². The van der Waals surface area contributed by atoms with Gasteiger partial charge in [0.2, 0.25) is 5.95 Å². The van der Waals surface area contributed by atoms with Crippen molar-refractivity contribution >= 4 is 17.9 Å². The van der Waals surface area contributed by atoms with Gasteiger partial charge in [0.05, 0.1) is 24.5 Å². The van der Waals surface area contributed by atoms with Crippen LogP contribution < -0.4 is 11.3 Å². The second-order valence-corrected chi connectivity index (χ2v) is 5.08. The Balaban J connectivity index is 2.08. The fraction of sp³-hybridized carbons (Fsp3) is 0.615. The minimum absolute atomic E-state index is 0.0250. The molecule has 0 aliphatic carbocycles. The second kappa shape index (κ2) is 6.15. The lowest BCUT2D eigenvalue weighted by Gasteiger charge is -2.15. The highest BCUT2D eigenvalue weighted by molar-refractivity contribution is 5.66. The SMILES string of the molecule is Cc1nc(N)[nH]c(=O)c1/N=C\[C@@H](C)[C@H]1CC[C@@H](CO)O1. The van der Waals surface area contributed by atoms with E-state index in [2.05, 4.69) is 15.0 Å². The molecule has 1 fully saturated rings. The molecule has 1 aromatic rings. The smallest absolute Gasteiger partial charge is 0.278 e. The number of hydrogen-bond acceptors (Lipinski definition) is 6. The number of aryl methyl sites for hydroxylation is 1. The molecule has 0 unspecified atom stereocenters. The van der Waals surface area contributed by atoms with E-state index in [1.807, 2.05) is 6.92 Å². The number of aromatic nitrogens is 2. The molecule has 0 saturated carbocycles. The number of rotatable bonds is 4. The number of aliphatic hydroxyl groups excluding tert-OH is 1. The zero-order valence-corrected chi connectivity index (χ0v) is 11.7. The molecule has 2 rings (SSSR count). The minimum atomic E-state index is -0.348. The van der Waals surface area contributed by atoms with Gasteiger partial charge >= 0.3 is 0 Å². The number of nitrogens with zero attached hydrogens (tertiary/aromatic N) is 2. The molecule has 2 heterocycles. The Labute approximate surface area is 116 Å². The molecule has 1 aliphatic rings. The Morgan fingerprint density at radius 1 is 1.65 bits per heavy atom. The third-order valence-electron chi connectivity index (χ3n) is 3.46. The van der Waals surface area contributed by atoms with Crippen molar-refractivity contribution < 1.29 is 9.84 Å². The van der Waals surface area contributed by atoms with E-state index in [1.165, 1.54) is 0 Å². The lowest BCUT2D eigenvalue weighted by Crippen LogP contribution is -2.21. The van der Waals surface area contributed by atoms with Crippen molar-refractivity contribution in [3.8, 4) is 0 Å². The van der Waals surface area contributed by atoms with Crippen molar-refractivity contribution in [2.75, 3.05) is 12.3 Å². The van der Waals surface area contributed by atoms with Crippen molar-refractivity contribution in [2.45, 2.75) is 38.9 Å². The summed E-state index contributed by atoms with van der Waals surface area (Å²) in [6, 6.07) is 0. The Hall–Kier alpha value is -1.73. The van der Waals surface area contributed by atoms with Gasteiger partial charge in [-0.3, -0.25) is 14.8 Å². The minimum Gasteiger partial charge on any atom is -0.394 e. The second-order valence-electron chi connectivity index (χ2n) is 5.08. The van der Waals surface area contributed by atoms with Gasteiger partial charge in [0, 0.05) is 12.1 Å². The molecular weight excluding hydrogens is 260 g/mol. The summed E-state index contributed by atoms with van der Waals surface area (Å²) in [7, 11) is 0. The van der Waals surface area contributed by atoms with Crippen LogP contribution in [-0.4, -0.2) is 40.1 Å². The van der Waals surface area contributed by atoms with Crippen molar-refractivity contribution in [1.82, 2.24) is 9.97 Å². The molecule has 20 heavy (non-hydrogen) atoms. The fourth-order valence-corrected chi connectivity index (χ4v) is 2.30. The van der Waals surface area contributed by atoms with Gasteiger partial charge in [-0.1, -0.05) is 6.92 Å². The molecule has 1 aliphatic heterocycles. The van der Waals surface area contributed by atoms with Crippen LogP contribution >= 0.6 is 0 Å². The van der Waals surface area contributed by atoms with Gasteiger partial charge in [0.1, 0.15) is 5.69 Å². The molecule has 1 saturated heterocycles. The van der Waals surface area contributed by atoms with E-state index < -0.39 is 0 Å². The normalized spacial score (nSPS) is 24.4. The van der Waals surface area contributed by atoms with E-state index in [1.54, 1.807) is 13.1 Å². The molecule has 3 atom stereocenters. The Bertz CT molecular complexity index is 555. The first-order chi connectivity index (χ1) is 9.51. The zero-order chi connectivity index (χ0) is 14.7. The fourth-order valence-electron chi connectivity index (χ4n) is 2.30. The topological polar surface area (TPSA) is 114 Å². The van der Waals surface area contributed by atoms with E-state index in [9.17, 15) is 4.79 Å². The molecule has 1 aromatic heterocycles. The maximum atomic E-state index is 11.7. The third kappa shape index (κ3) is 3.23. The highest BCUT2D eigenvalue weighted by Crippen LogP contribution is 2.24. The number of ether oxygens (including phenoxy) is 1. The van der Waals surface area contributed by atoms with E-state index in [-0.39, 0.29) is 41.9 Å². The van der Waals surface area contributed by atoms with Crippen LogP contribution in [-0.2, 0) is 4.74 Å². The average molecular weight is 280 g/mol. The summed E-state index contributed by atoms with van der Waals surface area (Å²) in [5, 5.41) is 9.05. The van der Waals surface area contributed by atoms with Crippen LogP contribution in [0.15, 0.2) is 9.79 Å². The number of hydrogen-bond donors (Lipinski definition) is 3. The maximum Gasteiger partial charge on any atom is 0.278 e. The molecule has 0 bridgehead atoms. The zero-order valence-electron chi connectivity index (χ0n) is 11.7. The number of anilines is 1. The molecule has 4 N–H and O–H groups in total. The molecule has 7 nitrogen and oxygen atoms in total.